The summed E-state index contributed by atoms with van der Waals surface area (Å²) in [7, 11) is -1.62. The second-order valence-electron chi connectivity index (χ2n) is 6.11. The van der Waals surface area contributed by atoms with E-state index in [1.54, 1.807) is 10.9 Å². The first-order valence-corrected chi connectivity index (χ1v) is 8.34. The van der Waals surface area contributed by atoms with Crippen LogP contribution in [-0.2, 0) is 16.6 Å². The van der Waals surface area contributed by atoms with E-state index >= 15 is 0 Å². The lowest BCUT2D eigenvalue weighted by molar-refractivity contribution is 0.317. The molecule has 0 spiro atoms. The molecule has 1 heterocycles. The molecule has 1 aromatic rings. The minimum absolute atomic E-state index is 0.129. The lowest BCUT2D eigenvalue weighted by Crippen LogP contribution is -2.41. The van der Waals surface area contributed by atoms with Crippen molar-refractivity contribution in [3.8, 4) is 0 Å². The number of aryl methyl sites for hydroxylation is 1. The van der Waals surface area contributed by atoms with Gasteiger partial charge in [0, 0.05) is 18.8 Å². The molecule has 0 radical (unpaired) electrons. The van der Waals surface area contributed by atoms with E-state index in [0.29, 0.717) is 6.54 Å². The molecule has 6 nitrogen and oxygen atoms in total. The Kier molecular flexibility index (Phi) is 5.73. The average Bonchev–Trinajstić information content (AvgIpc) is 2.77. The third kappa shape index (κ3) is 4.88. The molecule has 0 saturated carbocycles. The molecule has 1 rings (SSSR count). The largest absolute Gasteiger partial charge is 0.320 e. The Labute approximate surface area is 122 Å². The monoisotopic (exact) mass is 302 g/mol. The van der Waals surface area contributed by atoms with Gasteiger partial charge >= 0.3 is 0 Å². The number of nitrogens with zero attached hydrogens (tertiary/aromatic N) is 2. The van der Waals surface area contributed by atoms with Crippen LogP contribution < -0.4 is 10.0 Å². The zero-order valence-corrected chi connectivity index (χ0v) is 13.8. The van der Waals surface area contributed by atoms with Crippen LogP contribution in [0.3, 0.4) is 0 Å². The Morgan fingerprint density at radius 2 is 2.05 bits per heavy atom. The number of sulfonamides is 1. The maximum Gasteiger partial charge on any atom is 0.243 e. The van der Waals surface area contributed by atoms with Crippen LogP contribution in [0.5, 0.6) is 0 Å². The predicted molar refractivity (Wildman–Crippen MR) is 80.0 cm³/mol. The van der Waals surface area contributed by atoms with E-state index in [2.05, 4.69) is 15.1 Å². The number of nitrogens with one attached hydrogen (secondary N) is 2. The van der Waals surface area contributed by atoms with Crippen molar-refractivity contribution in [3.63, 3.8) is 0 Å². The fraction of sp³-hybridized carbons (Fsp3) is 0.769. The molecule has 1 unspecified atom stereocenters. The zero-order chi connectivity index (χ0) is 15.4. The smallest absolute Gasteiger partial charge is 0.243 e. The van der Waals surface area contributed by atoms with Gasteiger partial charge in [0.2, 0.25) is 10.0 Å². The second kappa shape index (κ2) is 6.69. The van der Waals surface area contributed by atoms with Crippen molar-refractivity contribution in [2.75, 3.05) is 13.6 Å². The highest BCUT2D eigenvalue weighted by Gasteiger charge is 2.26. The Morgan fingerprint density at radius 3 is 2.60 bits per heavy atom. The van der Waals surface area contributed by atoms with Crippen molar-refractivity contribution in [1.29, 1.82) is 0 Å². The maximum atomic E-state index is 12.3. The topological polar surface area (TPSA) is 76.0 Å². The van der Waals surface area contributed by atoms with E-state index in [0.717, 1.165) is 13.0 Å². The van der Waals surface area contributed by atoms with Gasteiger partial charge in [-0.3, -0.25) is 4.68 Å². The number of rotatable bonds is 7. The predicted octanol–water partition coefficient (Wildman–Crippen LogP) is 1.21. The van der Waals surface area contributed by atoms with Gasteiger partial charge in [0.25, 0.3) is 0 Å². The molecule has 2 N–H and O–H groups in total. The van der Waals surface area contributed by atoms with Gasteiger partial charge in [0.05, 0.1) is 6.20 Å². The Balaban J connectivity index is 2.73. The van der Waals surface area contributed by atoms with Crippen molar-refractivity contribution >= 4 is 10.0 Å². The van der Waals surface area contributed by atoms with Gasteiger partial charge in [-0.2, -0.15) is 5.10 Å². The highest BCUT2D eigenvalue weighted by molar-refractivity contribution is 7.89. The number of hydrogen-bond acceptors (Lipinski definition) is 4. The molecule has 0 amide bonds. The summed E-state index contributed by atoms with van der Waals surface area (Å²) in [6, 6.07) is -0.153. The van der Waals surface area contributed by atoms with Crippen molar-refractivity contribution in [1.82, 2.24) is 19.8 Å². The van der Waals surface area contributed by atoms with Gasteiger partial charge in [-0.25, -0.2) is 13.1 Å². The minimum atomic E-state index is -3.50. The van der Waals surface area contributed by atoms with E-state index in [1.807, 2.05) is 34.7 Å². The lowest BCUT2D eigenvalue weighted by Gasteiger charge is -2.27. The molecule has 0 saturated heterocycles. The molecule has 0 bridgehead atoms. The van der Waals surface area contributed by atoms with Crippen LogP contribution in [-0.4, -0.2) is 37.8 Å². The molecule has 0 aliphatic carbocycles. The summed E-state index contributed by atoms with van der Waals surface area (Å²) >= 11 is 0. The van der Waals surface area contributed by atoms with E-state index in [1.165, 1.54) is 6.20 Å². The van der Waals surface area contributed by atoms with E-state index in [-0.39, 0.29) is 16.4 Å². The van der Waals surface area contributed by atoms with Crippen LogP contribution in [0.2, 0.25) is 0 Å². The van der Waals surface area contributed by atoms with Crippen molar-refractivity contribution in [3.05, 3.63) is 12.4 Å². The summed E-state index contributed by atoms with van der Waals surface area (Å²) in [4.78, 5) is 0.220. The summed E-state index contributed by atoms with van der Waals surface area (Å²) in [6.45, 7) is 9.45. The van der Waals surface area contributed by atoms with E-state index in [9.17, 15) is 8.42 Å². The van der Waals surface area contributed by atoms with Crippen molar-refractivity contribution in [2.24, 2.45) is 5.41 Å². The normalized spacial score (nSPS) is 14.4. The van der Waals surface area contributed by atoms with Crippen LogP contribution in [0.4, 0.5) is 0 Å². The van der Waals surface area contributed by atoms with Crippen LogP contribution >= 0.6 is 0 Å². The van der Waals surface area contributed by atoms with Crippen LogP contribution in [0.15, 0.2) is 17.3 Å². The van der Waals surface area contributed by atoms with E-state index < -0.39 is 10.0 Å². The second-order valence-corrected chi connectivity index (χ2v) is 7.82. The zero-order valence-electron chi connectivity index (χ0n) is 13.0. The summed E-state index contributed by atoms with van der Waals surface area (Å²) < 4.78 is 28.9. The van der Waals surface area contributed by atoms with Crippen molar-refractivity contribution in [2.45, 2.75) is 51.6 Å². The molecule has 116 valence electrons. The molecule has 1 aromatic heterocycles. The Morgan fingerprint density at radius 1 is 1.40 bits per heavy atom. The standard InChI is InChI=1S/C13H26N4O2S/c1-11(13(2,3)4)16-20(18,19)12-9-15-17(10-12)8-6-7-14-5/h9-11,14,16H,6-8H2,1-5H3. The Bertz CT molecular complexity index is 517. The maximum absolute atomic E-state index is 12.3. The fourth-order valence-electron chi connectivity index (χ4n) is 1.50. The highest BCUT2D eigenvalue weighted by atomic mass is 32.2. The lowest BCUT2D eigenvalue weighted by atomic mass is 9.89. The SMILES string of the molecule is CNCCCn1cc(S(=O)(=O)NC(C)C(C)(C)C)cn1. The molecule has 0 aromatic carbocycles. The summed E-state index contributed by atoms with van der Waals surface area (Å²) in [5.74, 6) is 0. The van der Waals surface area contributed by atoms with Gasteiger partial charge in [-0.05, 0) is 32.4 Å². The van der Waals surface area contributed by atoms with E-state index in [4.69, 9.17) is 0 Å². The molecular formula is C13H26N4O2S. The third-order valence-electron chi connectivity index (χ3n) is 3.36. The third-order valence-corrected chi connectivity index (χ3v) is 4.86. The first kappa shape index (κ1) is 17.1. The van der Waals surface area contributed by atoms with Crippen molar-refractivity contribution < 1.29 is 8.42 Å². The van der Waals surface area contributed by atoms with Gasteiger partial charge < -0.3 is 5.32 Å². The molecule has 7 heteroatoms. The summed E-state index contributed by atoms with van der Waals surface area (Å²) in [5, 5.41) is 7.14. The van der Waals surface area contributed by atoms with Crippen LogP contribution in [0.1, 0.15) is 34.1 Å². The van der Waals surface area contributed by atoms with Gasteiger partial charge in [-0.15, -0.1) is 0 Å². The minimum Gasteiger partial charge on any atom is -0.320 e. The molecule has 1 atom stereocenters. The average molecular weight is 302 g/mol. The Hall–Kier alpha value is -0.920. The molecular weight excluding hydrogens is 276 g/mol. The molecule has 20 heavy (non-hydrogen) atoms. The molecule has 0 aliphatic rings. The quantitative estimate of drug-likeness (QED) is 0.742. The first-order chi connectivity index (χ1) is 9.16. The summed E-state index contributed by atoms with van der Waals surface area (Å²) in [6.07, 6.45) is 3.88. The first-order valence-electron chi connectivity index (χ1n) is 6.86. The van der Waals surface area contributed by atoms with Gasteiger partial charge in [-0.1, -0.05) is 20.8 Å². The van der Waals surface area contributed by atoms with Crippen LogP contribution in [0.25, 0.3) is 0 Å². The van der Waals surface area contributed by atoms with Gasteiger partial charge in [0.1, 0.15) is 4.90 Å². The summed E-state index contributed by atoms with van der Waals surface area (Å²) in [5.41, 5.74) is -0.129. The van der Waals surface area contributed by atoms with Crippen LogP contribution in [0, 0.1) is 5.41 Å². The fourth-order valence-corrected chi connectivity index (χ4v) is 2.90. The molecule has 0 fully saturated rings. The number of hydrogen-bond donors (Lipinski definition) is 2. The van der Waals surface area contributed by atoms with Gasteiger partial charge in [0.15, 0.2) is 0 Å². The molecule has 0 aliphatic heterocycles. The highest BCUT2D eigenvalue weighted by Crippen LogP contribution is 2.20. The number of aromatic nitrogens is 2.